The molecular formula is C14H20FIN6O. The molecule has 0 aliphatic heterocycles. The minimum absolute atomic E-state index is 0. The zero-order valence-corrected chi connectivity index (χ0v) is 15.3. The SMILES string of the molecule is CN=C(NCCOc1cccc(F)c1)NCc1ncnn1C.I. The van der Waals surface area contributed by atoms with Crippen molar-refractivity contribution in [3.05, 3.63) is 42.2 Å². The summed E-state index contributed by atoms with van der Waals surface area (Å²) in [5.74, 6) is 1.63. The molecule has 0 radical (unpaired) electrons. The summed E-state index contributed by atoms with van der Waals surface area (Å²) in [6.45, 7) is 1.45. The summed E-state index contributed by atoms with van der Waals surface area (Å²) in [7, 11) is 3.51. The zero-order valence-electron chi connectivity index (χ0n) is 13.0. The van der Waals surface area contributed by atoms with Crippen LogP contribution in [0.4, 0.5) is 4.39 Å². The Bertz CT molecular complexity index is 633. The van der Waals surface area contributed by atoms with Crippen molar-refractivity contribution in [3.8, 4) is 5.75 Å². The number of nitrogens with zero attached hydrogens (tertiary/aromatic N) is 4. The largest absolute Gasteiger partial charge is 0.492 e. The fourth-order valence-corrected chi connectivity index (χ4v) is 1.76. The fourth-order valence-electron chi connectivity index (χ4n) is 1.76. The molecule has 0 aliphatic rings. The molecular weight excluding hydrogens is 414 g/mol. The van der Waals surface area contributed by atoms with Gasteiger partial charge in [0, 0.05) is 20.2 Å². The molecule has 0 fully saturated rings. The van der Waals surface area contributed by atoms with Crippen LogP contribution in [-0.2, 0) is 13.6 Å². The van der Waals surface area contributed by atoms with Gasteiger partial charge in [0.1, 0.15) is 30.3 Å². The number of guanidine groups is 1. The molecule has 1 heterocycles. The van der Waals surface area contributed by atoms with Crippen LogP contribution in [0.25, 0.3) is 0 Å². The number of halogens is 2. The van der Waals surface area contributed by atoms with E-state index < -0.39 is 0 Å². The van der Waals surface area contributed by atoms with Gasteiger partial charge >= 0.3 is 0 Å². The molecule has 0 bridgehead atoms. The van der Waals surface area contributed by atoms with Crippen LogP contribution in [0.1, 0.15) is 5.82 Å². The van der Waals surface area contributed by atoms with Crippen LogP contribution in [0.15, 0.2) is 35.6 Å². The second-order valence-corrected chi connectivity index (χ2v) is 4.46. The molecule has 0 spiro atoms. The van der Waals surface area contributed by atoms with Crippen LogP contribution in [-0.4, -0.2) is 40.9 Å². The van der Waals surface area contributed by atoms with Crippen molar-refractivity contribution in [2.75, 3.05) is 20.2 Å². The monoisotopic (exact) mass is 434 g/mol. The van der Waals surface area contributed by atoms with Crippen molar-refractivity contribution in [1.29, 1.82) is 0 Å². The van der Waals surface area contributed by atoms with Crippen LogP contribution in [0.2, 0.25) is 0 Å². The highest BCUT2D eigenvalue weighted by atomic mass is 127. The Hall–Kier alpha value is -1.91. The van der Waals surface area contributed by atoms with Gasteiger partial charge in [0.25, 0.3) is 0 Å². The highest BCUT2D eigenvalue weighted by molar-refractivity contribution is 14.0. The van der Waals surface area contributed by atoms with Crippen LogP contribution < -0.4 is 15.4 Å². The molecule has 126 valence electrons. The van der Waals surface area contributed by atoms with Gasteiger partial charge in [-0.05, 0) is 12.1 Å². The van der Waals surface area contributed by atoms with E-state index in [1.807, 2.05) is 7.05 Å². The fraction of sp³-hybridized carbons (Fsp3) is 0.357. The minimum atomic E-state index is -0.313. The summed E-state index contributed by atoms with van der Waals surface area (Å²) < 4.78 is 20.1. The van der Waals surface area contributed by atoms with E-state index in [-0.39, 0.29) is 29.8 Å². The molecule has 23 heavy (non-hydrogen) atoms. The number of benzene rings is 1. The Morgan fingerprint density at radius 2 is 2.22 bits per heavy atom. The van der Waals surface area contributed by atoms with Gasteiger partial charge in [-0.2, -0.15) is 5.10 Å². The topological polar surface area (TPSA) is 76.4 Å². The second kappa shape index (κ2) is 9.98. The third-order valence-corrected chi connectivity index (χ3v) is 2.90. The van der Waals surface area contributed by atoms with Crippen LogP contribution in [0.5, 0.6) is 5.75 Å². The number of hydrogen-bond acceptors (Lipinski definition) is 4. The van der Waals surface area contributed by atoms with Gasteiger partial charge < -0.3 is 15.4 Å². The molecule has 2 N–H and O–H groups in total. The number of ether oxygens (including phenoxy) is 1. The Labute approximate surface area is 151 Å². The van der Waals surface area contributed by atoms with Crippen molar-refractivity contribution >= 4 is 29.9 Å². The van der Waals surface area contributed by atoms with Gasteiger partial charge in [-0.1, -0.05) is 6.07 Å². The number of rotatable bonds is 6. The molecule has 0 atom stereocenters. The third kappa shape index (κ3) is 6.38. The lowest BCUT2D eigenvalue weighted by Crippen LogP contribution is -2.39. The van der Waals surface area contributed by atoms with Crippen molar-refractivity contribution in [2.45, 2.75) is 6.54 Å². The van der Waals surface area contributed by atoms with Crippen molar-refractivity contribution in [3.63, 3.8) is 0 Å². The lowest BCUT2D eigenvalue weighted by atomic mass is 10.3. The van der Waals surface area contributed by atoms with Gasteiger partial charge in [-0.15, -0.1) is 24.0 Å². The number of aliphatic imine (C=N–C) groups is 1. The Balaban J connectivity index is 0.00000264. The quantitative estimate of drug-likeness (QED) is 0.311. The predicted molar refractivity (Wildman–Crippen MR) is 96.5 cm³/mol. The number of aryl methyl sites for hydroxylation is 1. The summed E-state index contributed by atoms with van der Waals surface area (Å²) >= 11 is 0. The average molecular weight is 434 g/mol. The Morgan fingerprint density at radius 1 is 1.39 bits per heavy atom. The summed E-state index contributed by atoms with van der Waals surface area (Å²) in [5.41, 5.74) is 0. The lowest BCUT2D eigenvalue weighted by Gasteiger charge is -2.12. The molecule has 1 aromatic heterocycles. The second-order valence-electron chi connectivity index (χ2n) is 4.46. The van der Waals surface area contributed by atoms with Gasteiger partial charge in [0.05, 0.1) is 13.1 Å². The maximum atomic E-state index is 13.0. The van der Waals surface area contributed by atoms with Crippen LogP contribution >= 0.6 is 24.0 Å². The molecule has 9 heteroatoms. The van der Waals surface area contributed by atoms with E-state index in [0.29, 0.717) is 31.4 Å². The lowest BCUT2D eigenvalue weighted by molar-refractivity contribution is 0.320. The summed E-state index contributed by atoms with van der Waals surface area (Å²) in [5, 5.41) is 10.2. The third-order valence-electron chi connectivity index (χ3n) is 2.90. The molecule has 0 amide bonds. The molecule has 0 saturated heterocycles. The molecule has 1 aromatic carbocycles. The van der Waals surface area contributed by atoms with Gasteiger partial charge in [0.2, 0.25) is 0 Å². The molecule has 0 saturated carbocycles. The molecule has 0 unspecified atom stereocenters. The van der Waals surface area contributed by atoms with E-state index in [2.05, 4.69) is 25.7 Å². The average Bonchev–Trinajstić information content (AvgIpc) is 2.92. The summed E-state index contributed by atoms with van der Waals surface area (Å²) in [4.78, 5) is 8.21. The highest BCUT2D eigenvalue weighted by Crippen LogP contribution is 2.11. The first-order chi connectivity index (χ1) is 10.7. The van der Waals surface area contributed by atoms with Gasteiger partial charge in [0.15, 0.2) is 5.96 Å². The smallest absolute Gasteiger partial charge is 0.191 e. The van der Waals surface area contributed by atoms with Crippen molar-refractivity contribution in [2.24, 2.45) is 12.0 Å². The number of hydrogen-bond donors (Lipinski definition) is 2. The maximum Gasteiger partial charge on any atom is 0.191 e. The molecule has 2 aromatic rings. The van der Waals surface area contributed by atoms with Gasteiger partial charge in [-0.3, -0.25) is 9.67 Å². The predicted octanol–water partition coefficient (Wildman–Crippen LogP) is 1.32. The zero-order chi connectivity index (χ0) is 15.8. The molecule has 2 rings (SSSR count). The van der Waals surface area contributed by atoms with E-state index in [9.17, 15) is 4.39 Å². The summed E-state index contributed by atoms with van der Waals surface area (Å²) in [6.07, 6.45) is 1.50. The summed E-state index contributed by atoms with van der Waals surface area (Å²) in [6, 6.07) is 6.05. The van der Waals surface area contributed by atoms with Crippen LogP contribution in [0.3, 0.4) is 0 Å². The first-order valence-electron chi connectivity index (χ1n) is 6.85. The Morgan fingerprint density at radius 3 is 2.87 bits per heavy atom. The standard InChI is InChI=1S/C14H19FN6O.HI/c1-16-14(18-9-13-19-10-20-21(13)2)17-6-7-22-12-5-3-4-11(15)8-12;/h3-5,8,10H,6-7,9H2,1-2H3,(H2,16,17,18);1H. The van der Waals surface area contributed by atoms with E-state index in [4.69, 9.17) is 4.74 Å². The maximum absolute atomic E-state index is 13.0. The number of nitrogens with one attached hydrogen (secondary N) is 2. The van der Waals surface area contributed by atoms with Crippen molar-refractivity contribution < 1.29 is 9.13 Å². The first kappa shape index (κ1) is 19.1. The first-order valence-corrected chi connectivity index (χ1v) is 6.85. The number of aromatic nitrogens is 3. The van der Waals surface area contributed by atoms with E-state index >= 15 is 0 Å². The van der Waals surface area contributed by atoms with E-state index in [1.54, 1.807) is 23.9 Å². The molecule has 7 nitrogen and oxygen atoms in total. The van der Waals surface area contributed by atoms with Gasteiger partial charge in [-0.25, -0.2) is 9.37 Å². The van der Waals surface area contributed by atoms with E-state index in [0.717, 1.165) is 5.82 Å². The Kier molecular flexibility index (Phi) is 8.30. The minimum Gasteiger partial charge on any atom is -0.492 e. The normalized spacial score (nSPS) is 10.8. The molecule has 0 aliphatic carbocycles. The van der Waals surface area contributed by atoms with E-state index in [1.165, 1.54) is 18.5 Å². The highest BCUT2D eigenvalue weighted by Gasteiger charge is 2.02. The van der Waals surface area contributed by atoms with Crippen molar-refractivity contribution in [1.82, 2.24) is 25.4 Å². The van der Waals surface area contributed by atoms with Crippen LogP contribution in [0, 0.1) is 5.82 Å².